The summed E-state index contributed by atoms with van der Waals surface area (Å²) in [7, 11) is 0. The first kappa shape index (κ1) is 22.0. The van der Waals surface area contributed by atoms with Crippen LogP contribution in [-0.2, 0) is 11.3 Å². The van der Waals surface area contributed by atoms with E-state index in [4.69, 9.17) is 4.74 Å². The van der Waals surface area contributed by atoms with E-state index in [1.807, 2.05) is 0 Å². The summed E-state index contributed by atoms with van der Waals surface area (Å²) in [5.41, 5.74) is 0.611. The first-order valence-electron chi connectivity index (χ1n) is 10.9. The Balaban J connectivity index is 1.83. The highest BCUT2D eigenvalue weighted by molar-refractivity contribution is 5.99. The number of ether oxygens (including phenoxy) is 1. The molecule has 1 saturated heterocycles. The predicted molar refractivity (Wildman–Crippen MR) is 119 cm³/mol. The zero-order chi connectivity index (χ0) is 22.7. The Hall–Kier alpha value is -3.26. The Bertz CT molecular complexity index is 1180. The minimum atomic E-state index is -0.865. The van der Waals surface area contributed by atoms with Gasteiger partial charge in [0.1, 0.15) is 17.2 Å². The van der Waals surface area contributed by atoms with Gasteiger partial charge in [-0.05, 0) is 56.6 Å². The number of pyridine rings is 2. The molecule has 168 valence electrons. The Labute approximate surface area is 185 Å². The smallest absolute Gasteiger partial charge is 0.347 e. The Kier molecular flexibility index (Phi) is 6.50. The lowest BCUT2D eigenvalue weighted by atomic mass is 10.0. The van der Waals surface area contributed by atoms with Gasteiger partial charge in [-0.15, -0.1) is 0 Å². The molecule has 1 fully saturated rings. The number of nitrogens with zero attached hydrogens (tertiary/aromatic N) is 3. The fourth-order valence-corrected chi connectivity index (χ4v) is 4.13. The van der Waals surface area contributed by atoms with Crippen LogP contribution in [0.25, 0.3) is 22.2 Å². The predicted octanol–water partition coefficient (Wildman–Crippen LogP) is 3.57. The van der Waals surface area contributed by atoms with Gasteiger partial charge in [0.15, 0.2) is 5.56 Å². The van der Waals surface area contributed by atoms with Crippen molar-refractivity contribution in [2.75, 3.05) is 26.2 Å². The molecule has 1 aliphatic rings. The second kappa shape index (κ2) is 9.48. The molecule has 0 unspecified atom stereocenters. The molecule has 0 aliphatic carbocycles. The summed E-state index contributed by atoms with van der Waals surface area (Å²) >= 11 is 0. The Morgan fingerprint density at radius 2 is 1.84 bits per heavy atom. The fourth-order valence-electron chi connectivity index (χ4n) is 4.13. The van der Waals surface area contributed by atoms with Crippen LogP contribution in [-0.4, -0.2) is 51.8 Å². The number of hydrogen-bond acceptors (Lipinski definition) is 6. The molecule has 8 heteroatoms. The highest BCUT2D eigenvalue weighted by Crippen LogP contribution is 2.30. The molecule has 1 N–H and O–H groups in total. The van der Waals surface area contributed by atoms with Crippen LogP contribution in [0.5, 0.6) is 5.75 Å². The van der Waals surface area contributed by atoms with E-state index < -0.39 is 22.8 Å². The van der Waals surface area contributed by atoms with Crippen LogP contribution in [0.2, 0.25) is 0 Å². The van der Waals surface area contributed by atoms with Crippen LogP contribution >= 0.6 is 0 Å². The third-order valence-electron chi connectivity index (χ3n) is 5.82. The second-order valence-corrected chi connectivity index (χ2v) is 7.91. The van der Waals surface area contributed by atoms with Gasteiger partial charge in [-0.3, -0.25) is 9.36 Å². The zero-order valence-electron chi connectivity index (χ0n) is 18.0. The van der Waals surface area contributed by atoms with Gasteiger partial charge in [-0.25, -0.2) is 14.2 Å². The minimum absolute atomic E-state index is 0.0808. The molecule has 3 aromatic rings. The number of aromatic hydroxyl groups is 1. The van der Waals surface area contributed by atoms with Crippen LogP contribution in [0.15, 0.2) is 41.3 Å². The topological polar surface area (TPSA) is 84.7 Å². The van der Waals surface area contributed by atoms with Crippen LogP contribution < -0.4 is 5.56 Å². The summed E-state index contributed by atoms with van der Waals surface area (Å²) in [6.07, 6.45) is 5.03. The standard InChI is InChI=1S/C24H26FN3O4/c1-2-32-24(31)20-21(29)19-14-17(16-6-8-18(25)9-7-16)15-26-22(19)28(23(20)30)13-12-27-10-4-3-5-11-27/h6-9,14-15,29H,2-5,10-13H2,1H3. The van der Waals surface area contributed by atoms with E-state index in [0.29, 0.717) is 29.9 Å². The van der Waals surface area contributed by atoms with Gasteiger partial charge in [-0.1, -0.05) is 18.6 Å². The van der Waals surface area contributed by atoms with E-state index >= 15 is 0 Å². The number of benzene rings is 1. The second-order valence-electron chi connectivity index (χ2n) is 7.91. The molecular formula is C24H26FN3O4. The lowest BCUT2D eigenvalue weighted by Gasteiger charge is -2.26. The molecule has 4 rings (SSSR count). The maximum atomic E-state index is 13.3. The zero-order valence-corrected chi connectivity index (χ0v) is 18.0. The summed E-state index contributed by atoms with van der Waals surface area (Å²) < 4.78 is 19.8. The summed E-state index contributed by atoms with van der Waals surface area (Å²) in [4.78, 5) is 32.4. The largest absolute Gasteiger partial charge is 0.506 e. The van der Waals surface area contributed by atoms with E-state index in [0.717, 1.165) is 25.9 Å². The number of rotatable bonds is 6. The van der Waals surface area contributed by atoms with Crippen molar-refractivity contribution in [3.8, 4) is 16.9 Å². The van der Waals surface area contributed by atoms with Crippen molar-refractivity contribution in [2.45, 2.75) is 32.7 Å². The highest BCUT2D eigenvalue weighted by Gasteiger charge is 2.25. The number of aromatic nitrogens is 2. The molecule has 1 aromatic carbocycles. The van der Waals surface area contributed by atoms with Gasteiger partial charge in [0.25, 0.3) is 5.56 Å². The van der Waals surface area contributed by atoms with E-state index in [1.54, 1.807) is 31.3 Å². The molecule has 7 nitrogen and oxygen atoms in total. The third kappa shape index (κ3) is 4.36. The van der Waals surface area contributed by atoms with Gasteiger partial charge >= 0.3 is 5.97 Å². The number of hydrogen-bond donors (Lipinski definition) is 1. The van der Waals surface area contributed by atoms with E-state index in [-0.39, 0.29) is 17.8 Å². The summed E-state index contributed by atoms with van der Waals surface area (Å²) in [5, 5.41) is 11.1. The number of carbonyl (C=O) groups is 1. The fraction of sp³-hybridized carbons (Fsp3) is 0.375. The van der Waals surface area contributed by atoms with E-state index in [9.17, 15) is 19.1 Å². The number of esters is 1. The average molecular weight is 439 g/mol. The van der Waals surface area contributed by atoms with Crippen molar-refractivity contribution >= 4 is 17.0 Å². The third-order valence-corrected chi connectivity index (χ3v) is 5.82. The minimum Gasteiger partial charge on any atom is -0.506 e. The summed E-state index contributed by atoms with van der Waals surface area (Å²) in [6, 6.07) is 7.54. The number of likely N-dealkylation sites (tertiary alicyclic amines) is 1. The molecule has 3 heterocycles. The van der Waals surface area contributed by atoms with E-state index in [2.05, 4.69) is 9.88 Å². The molecular weight excluding hydrogens is 413 g/mol. The number of piperidine rings is 1. The molecule has 0 spiro atoms. The molecule has 2 aromatic heterocycles. The molecule has 1 aliphatic heterocycles. The van der Waals surface area contributed by atoms with Crippen LogP contribution in [0.4, 0.5) is 4.39 Å². The van der Waals surface area contributed by atoms with Crippen molar-refractivity contribution in [3.63, 3.8) is 0 Å². The lowest BCUT2D eigenvalue weighted by Crippen LogP contribution is -2.36. The highest BCUT2D eigenvalue weighted by atomic mass is 19.1. The molecule has 0 bridgehead atoms. The maximum absolute atomic E-state index is 13.3. The molecule has 0 saturated carbocycles. The van der Waals surface area contributed by atoms with Crippen molar-refractivity contribution in [1.29, 1.82) is 0 Å². The lowest BCUT2D eigenvalue weighted by molar-refractivity contribution is 0.0520. The van der Waals surface area contributed by atoms with Crippen LogP contribution in [0, 0.1) is 5.82 Å². The van der Waals surface area contributed by atoms with E-state index in [1.165, 1.54) is 23.1 Å². The number of fused-ring (bicyclic) bond motifs is 1. The first-order chi connectivity index (χ1) is 15.5. The maximum Gasteiger partial charge on any atom is 0.347 e. The summed E-state index contributed by atoms with van der Waals surface area (Å²) in [5.74, 6) is -1.67. The normalized spacial score (nSPS) is 14.6. The Morgan fingerprint density at radius 1 is 1.12 bits per heavy atom. The first-order valence-corrected chi connectivity index (χ1v) is 10.9. The van der Waals surface area contributed by atoms with Crippen molar-refractivity contribution < 1.29 is 19.0 Å². The van der Waals surface area contributed by atoms with Crippen LogP contribution in [0.1, 0.15) is 36.5 Å². The molecule has 0 amide bonds. The monoisotopic (exact) mass is 439 g/mol. The quantitative estimate of drug-likeness (QED) is 0.591. The van der Waals surface area contributed by atoms with Gasteiger partial charge in [0.05, 0.1) is 12.0 Å². The molecule has 32 heavy (non-hydrogen) atoms. The van der Waals surface area contributed by atoms with Crippen molar-refractivity contribution in [3.05, 3.63) is 58.3 Å². The van der Waals surface area contributed by atoms with Crippen molar-refractivity contribution in [1.82, 2.24) is 14.5 Å². The molecule has 0 atom stereocenters. The Morgan fingerprint density at radius 3 is 2.53 bits per heavy atom. The average Bonchev–Trinajstić information content (AvgIpc) is 2.80. The van der Waals surface area contributed by atoms with Gasteiger partial charge in [0, 0.05) is 24.8 Å². The molecule has 0 radical (unpaired) electrons. The number of halogens is 1. The number of carbonyl (C=O) groups excluding carboxylic acids is 1. The SMILES string of the molecule is CCOC(=O)c1c(O)c2cc(-c3ccc(F)cc3)cnc2n(CCN2CCCCC2)c1=O. The van der Waals surface area contributed by atoms with Gasteiger partial charge in [0.2, 0.25) is 0 Å². The van der Waals surface area contributed by atoms with Gasteiger partial charge < -0.3 is 14.7 Å². The van der Waals surface area contributed by atoms with Gasteiger partial charge in [-0.2, -0.15) is 0 Å². The summed E-state index contributed by atoms with van der Waals surface area (Å²) in [6.45, 7) is 4.64. The van der Waals surface area contributed by atoms with Crippen LogP contribution in [0.3, 0.4) is 0 Å². The van der Waals surface area contributed by atoms with Crippen molar-refractivity contribution in [2.24, 2.45) is 0 Å².